The number of hydrogen-bond donors (Lipinski definition) is 1. The Morgan fingerprint density at radius 2 is 2.28 bits per heavy atom. The van der Waals surface area contributed by atoms with Crippen LogP contribution in [0.15, 0.2) is 30.6 Å². The highest BCUT2D eigenvalue weighted by Gasteiger charge is 2.09. The molecule has 1 aromatic carbocycles. The lowest BCUT2D eigenvalue weighted by molar-refractivity contribution is 0.619. The average molecular weight is 268 g/mol. The van der Waals surface area contributed by atoms with E-state index in [-0.39, 0.29) is 11.1 Å². The summed E-state index contributed by atoms with van der Waals surface area (Å²) in [5.74, 6) is -0.410. The molecule has 1 aromatic heterocycles. The van der Waals surface area contributed by atoms with Crippen LogP contribution in [0.1, 0.15) is 30.5 Å². The SMILES string of the molecule is CCC(N)c1cnn(Cc2cccc(F)c2Cl)c1. The highest BCUT2D eigenvalue weighted by Crippen LogP contribution is 2.21. The van der Waals surface area contributed by atoms with Crippen LogP contribution in [0, 0.1) is 5.82 Å². The minimum Gasteiger partial charge on any atom is -0.324 e. The van der Waals surface area contributed by atoms with Crippen LogP contribution in [0.2, 0.25) is 5.02 Å². The predicted octanol–water partition coefficient (Wildman–Crippen LogP) is 3.13. The highest BCUT2D eigenvalue weighted by molar-refractivity contribution is 6.31. The second-order valence-corrected chi connectivity index (χ2v) is 4.58. The molecule has 96 valence electrons. The summed E-state index contributed by atoms with van der Waals surface area (Å²) in [6, 6.07) is 4.75. The third-order valence-electron chi connectivity index (χ3n) is 2.89. The summed E-state index contributed by atoms with van der Waals surface area (Å²) in [6.45, 7) is 2.46. The molecule has 2 aromatic rings. The molecule has 0 saturated heterocycles. The normalized spacial score (nSPS) is 12.7. The summed E-state index contributed by atoms with van der Waals surface area (Å²) in [7, 11) is 0. The van der Waals surface area contributed by atoms with E-state index in [9.17, 15) is 4.39 Å². The standard InChI is InChI=1S/C13H15ClFN3/c1-2-12(16)10-6-17-18(8-10)7-9-4-3-5-11(15)13(9)14/h3-6,8,12H,2,7,16H2,1H3. The van der Waals surface area contributed by atoms with Gasteiger partial charge in [-0.2, -0.15) is 5.10 Å². The van der Waals surface area contributed by atoms with E-state index in [0.29, 0.717) is 12.1 Å². The molecule has 0 aliphatic carbocycles. The molecule has 0 fully saturated rings. The van der Waals surface area contributed by atoms with E-state index in [1.807, 2.05) is 13.1 Å². The van der Waals surface area contributed by atoms with Gasteiger partial charge < -0.3 is 5.73 Å². The largest absolute Gasteiger partial charge is 0.324 e. The van der Waals surface area contributed by atoms with Crippen molar-refractivity contribution < 1.29 is 4.39 Å². The number of rotatable bonds is 4. The van der Waals surface area contributed by atoms with Crippen molar-refractivity contribution in [3.05, 3.63) is 52.6 Å². The van der Waals surface area contributed by atoms with E-state index in [1.165, 1.54) is 6.07 Å². The minimum absolute atomic E-state index is 0.0123. The molecule has 0 radical (unpaired) electrons. The summed E-state index contributed by atoms with van der Waals surface area (Å²) in [5, 5.41) is 4.35. The second kappa shape index (κ2) is 5.50. The van der Waals surface area contributed by atoms with Gasteiger partial charge in [0.1, 0.15) is 5.82 Å². The fourth-order valence-electron chi connectivity index (χ4n) is 1.74. The van der Waals surface area contributed by atoms with Crippen molar-refractivity contribution >= 4 is 11.6 Å². The quantitative estimate of drug-likeness (QED) is 0.925. The lowest BCUT2D eigenvalue weighted by atomic mass is 10.1. The van der Waals surface area contributed by atoms with E-state index < -0.39 is 5.82 Å². The van der Waals surface area contributed by atoms with Crippen molar-refractivity contribution in [3.63, 3.8) is 0 Å². The van der Waals surface area contributed by atoms with Crippen LogP contribution in [0.3, 0.4) is 0 Å². The van der Waals surface area contributed by atoms with Gasteiger partial charge in [0.2, 0.25) is 0 Å². The molecule has 0 bridgehead atoms. The Kier molecular flexibility index (Phi) is 3.99. The molecule has 0 aliphatic rings. The molecule has 1 atom stereocenters. The Hall–Kier alpha value is -1.39. The van der Waals surface area contributed by atoms with E-state index in [1.54, 1.807) is 23.0 Å². The van der Waals surface area contributed by atoms with Crippen molar-refractivity contribution in [2.24, 2.45) is 5.73 Å². The van der Waals surface area contributed by atoms with Gasteiger partial charge in [0.05, 0.1) is 17.8 Å². The number of aromatic nitrogens is 2. The van der Waals surface area contributed by atoms with Gasteiger partial charge in [0.15, 0.2) is 0 Å². The van der Waals surface area contributed by atoms with Gasteiger partial charge in [0.25, 0.3) is 0 Å². The van der Waals surface area contributed by atoms with Crippen molar-refractivity contribution in [1.82, 2.24) is 9.78 Å². The van der Waals surface area contributed by atoms with Gasteiger partial charge in [-0.3, -0.25) is 4.68 Å². The summed E-state index contributed by atoms with van der Waals surface area (Å²) in [5.41, 5.74) is 7.60. The van der Waals surface area contributed by atoms with E-state index in [2.05, 4.69) is 5.10 Å². The first-order chi connectivity index (χ1) is 8.61. The van der Waals surface area contributed by atoms with Crippen molar-refractivity contribution in [2.75, 3.05) is 0 Å². The molecule has 2 N–H and O–H groups in total. The smallest absolute Gasteiger partial charge is 0.142 e. The fraction of sp³-hybridized carbons (Fsp3) is 0.308. The first-order valence-electron chi connectivity index (χ1n) is 5.82. The third kappa shape index (κ3) is 2.71. The second-order valence-electron chi connectivity index (χ2n) is 4.20. The summed E-state index contributed by atoms with van der Waals surface area (Å²) in [6.07, 6.45) is 4.46. The molecule has 18 heavy (non-hydrogen) atoms. The molecule has 5 heteroatoms. The van der Waals surface area contributed by atoms with Crippen LogP contribution in [-0.4, -0.2) is 9.78 Å². The lowest BCUT2D eigenvalue weighted by Gasteiger charge is -2.06. The van der Waals surface area contributed by atoms with Crippen molar-refractivity contribution in [2.45, 2.75) is 25.9 Å². The number of nitrogens with two attached hydrogens (primary N) is 1. The Labute approximate surface area is 110 Å². The minimum atomic E-state index is -0.410. The van der Waals surface area contributed by atoms with Gasteiger partial charge >= 0.3 is 0 Å². The molecule has 2 rings (SSSR count). The van der Waals surface area contributed by atoms with Gasteiger partial charge in [-0.05, 0) is 18.1 Å². The van der Waals surface area contributed by atoms with Gasteiger partial charge in [0, 0.05) is 17.8 Å². The van der Waals surface area contributed by atoms with Crippen LogP contribution < -0.4 is 5.73 Å². The maximum absolute atomic E-state index is 13.3. The van der Waals surface area contributed by atoms with Crippen molar-refractivity contribution in [1.29, 1.82) is 0 Å². The lowest BCUT2D eigenvalue weighted by Crippen LogP contribution is -2.07. The number of hydrogen-bond acceptors (Lipinski definition) is 2. The maximum Gasteiger partial charge on any atom is 0.142 e. The molecule has 0 aliphatic heterocycles. The maximum atomic E-state index is 13.3. The monoisotopic (exact) mass is 267 g/mol. The van der Waals surface area contributed by atoms with Crippen molar-refractivity contribution in [3.8, 4) is 0 Å². The Morgan fingerprint density at radius 3 is 3.00 bits per heavy atom. The first-order valence-corrected chi connectivity index (χ1v) is 6.20. The highest BCUT2D eigenvalue weighted by atomic mass is 35.5. The average Bonchev–Trinajstić information content (AvgIpc) is 2.82. The molecule has 1 unspecified atom stereocenters. The topological polar surface area (TPSA) is 43.8 Å². The van der Waals surface area contributed by atoms with Crippen LogP contribution in [0.5, 0.6) is 0 Å². The molecule has 1 heterocycles. The zero-order chi connectivity index (χ0) is 13.1. The Balaban J connectivity index is 2.19. The van der Waals surface area contributed by atoms with Gasteiger partial charge in [-0.25, -0.2) is 4.39 Å². The molecular formula is C13H15ClFN3. The Morgan fingerprint density at radius 1 is 1.50 bits per heavy atom. The molecule has 0 spiro atoms. The number of halogens is 2. The Bertz CT molecular complexity index is 539. The van der Waals surface area contributed by atoms with Crippen LogP contribution in [-0.2, 0) is 6.54 Å². The van der Waals surface area contributed by atoms with E-state index >= 15 is 0 Å². The molecular weight excluding hydrogens is 253 g/mol. The van der Waals surface area contributed by atoms with E-state index in [0.717, 1.165) is 12.0 Å². The predicted molar refractivity (Wildman–Crippen MR) is 70.0 cm³/mol. The third-order valence-corrected chi connectivity index (χ3v) is 3.31. The first kappa shape index (κ1) is 13.1. The zero-order valence-corrected chi connectivity index (χ0v) is 10.9. The number of nitrogens with zero attached hydrogens (tertiary/aromatic N) is 2. The molecule has 0 saturated carbocycles. The van der Waals surface area contributed by atoms with Crippen LogP contribution in [0.25, 0.3) is 0 Å². The van der Waals surface area contributed by atoms with Crippen LogP contribution >= 0.6 is 11.6 Å². The summed E-state index contributed by atoms with van der Waals surface area (Å²) in [4.78, 5) is 0. The van der Waals surface area contributed by atoms with E-state index in [4.69, 9.17) is 17.3 Å². The zero-order valence-electron chi connectivity index (χ0n) is 10.1. The summed E-state index contributed by atoms with van der Waals surface area (Å²) < 4.78 is 15.0. The number of benzene rings is 1. The van der Waals surface area contributed by atoms with Gasteiger partial charge in [-0.15, -0.1) is 0 Å². The fourth-order valence-corrected chi connectivity index (χ4v) is 1.92. The summed E-state index contributed by atoms with van der Waals surface area (Å²) >= 11 is 5.90. The molecule has 0 amide bonds. The molecule has 3 nitrogen and oxygen atoms in total. The van der Waals surface area contributed by atoms with Crippen LogP contribution in [0.4, 0.5) is 4.39 Å². The van der Waals surface area contributed by atoms with Gasteiger partial charge in [-0.1, -0.05) is 30.7 Å².